The molecule has 1 unspecified atom stereocenters. The van der Waals surface area contributed by atoms with E-state index in [1.54, 1.807) is 0 Å². The summed E-state index contributed by atoms with van der Waals surface area (Å²) in [6.45, 7) is 1.03. The van der Waals surface area contributed by atoms with E-state index in [9.17, 15) is 18.0 Å². The topological polar surface area (TPSA) is 111 Å². The summed E-state index contributed by atoms with van der Waals surface area (Å²) in [7, 11) is 0. The molecule has 104 valence electrons. The van der Waals surface area contributed by atoms with E-state index in [0.29, 0.717) is 12.4 Å². The lowest BCUT2D eigenvalue weighted by Crippen LogP contribution is -2.40. The van der Waals surface area contributed by atoms with E-state index >= 15 is 0 Å². The van der Waals surface area contributed by atoms with Crippen LogP contribution in [0, 0.1) is 28.6 Å². The summed E-state index contributed by atoms with van der Waals surface area (Å²) in [4.78, 5) is 17.7. The molecule has 0 aromatic carbocycles. The monoisotopic (exact) mass is 284 g/mol. The van der Waals surface area contributed by atoms with Crippen molar-refractivity contribution in [2.24, 2.45) is 5.92 Å². The standard InChI is InChI=1S/C11H7F3N4O2/c1-10(9(19)20,6(2-15)3-16)7-4-18-8(5-17-7)11(12,13)14/h4-6H,1H3,(H,19,20). The zero-order chi connectivity index (χ0) is 15.6. The summed E-state index contributed by atoms with van der Waals surface area (Å²) >= 11 is 0. The smallest absolute Gasteiger partial charge is 0.434 e. The Bertz CT molecular complexity index is 586. The van der Waals surface area contributed by atoms with Crippen LogP contribution in [0.4, 0.5) is 13.2 Å². The lowest BCUT2D eigenvalue weighted by atomic mass is 9.76. The Balaban J connectivity index is 3.36. The number of rotatable bonds is 3. The predicted molar refractivity (Wildman–Crippen MR) is 56.7 cm³/mol. The third kappa shape index (κ3) is 2.52. The highest BCUT2D eigenvalue weighted by Crippen LogP contribution is 2.32. The lowest BCUT2D eigenvalue weighted by molar-refractivity contribution is -0.144. The maximum Gasteiger partial charge on any atom is 0.434 e. The minimum absolute atomic E-state index is 0.363. The van der Waals surface area contributed by atoms with Crippen LogP contribution in [0.3, 0.4) is 0 Å². The first-order valence-electron chi connectivity index (χ1n) is 5.10. The van der Waals surface area contributed by atoms with Gasteiger partial charge in [-0.2, -0.15) is 23.7 Å². The first-order valence-corrected chi connectivity index (χ1v) is 5.10. The molecule has 0 fully saturated rings. The highest BCUT2D eigenvalue weighted by molar-refractivity contribution is 5.81. The molecule has 0 saturated heterocycles. The number of halogens is 3. The third-order valence-corrected chi connectivity index (χ3v) is 2.75. The highest BCUT2D eigenvalue weighted by Gasteiger charge is 2.46. The number of hydrogen-bond acceptors (Lipinski definition) is 5. The van der Waals surface area contributed by atoms with E-state index in [4.69, 9.17) is 15.6 Å². The fraction of sp³-hybridized carbons (Fsp3) is 0.364. The molecule has 6 nitrogen and oxygen atoms in total. The van der Waals surface area contributed by atoms with Gasteiger partial charge in [0.2, 0.25) is 0 Å². The van der Waals surface area contributed by atoms with Gasteiger partial charge in [-0.1, -0.05) is 0 Å². The first-order chi connectivity index (χ1) is 9.17. The Morgan fingerprint density at radius 2 is 1.70 bits per heavy atom. The number of nitriles is 2. The summed E-state index contributed by atoms with van der Waals surface area (Å²) in [6, 6.07) is 2.97. The van der Waals surface area contributed by atoms with Crippen LogP contribution in [0.25, 0.3) is 0 Å². The number of carbonyl (C=O) groups is 1. The van der Waals surface area contributed by atoms with Crippen molar-refractivity contribution in [2.75, 3.05) is 0 Å². The minimum atomic E-state index is -4.71. The average Bonchev–Trinajstić information content (AvgIpc) is 2.38. The molecule has 0 aliphatic rings. The highest BCUT2D eigenvalue weighted by atomic mass is 19.4. The molecule has 0 amide bonds. The third-order valence-electron chi connectivity index (χ3n) is 2.75. The molecule has 0 aliphatic carbocycles. The van der Waals surface area contributed by atoms with Gasteiger partial charge in [0.25, 0.3) is 0 Å². The molecular weight excluding hydrogens is 277 g/mol. The van der Waals surface area contributed by atoms with Crippen LogP contribution in [0.2, 0.25) is 0 Å². The Morgan fingerprint density at radius 3 is 2.00 bits per heavy atom. The van der Waals surface area contributed by atoms with Crippen molar-refractivity contribution in [3.8, 4) is 12.1 Å². The van der Waals surface area contributed by atoms with E-state index in [2.05, 4.69) is 9.97 Å². The van der Waals surface area contributed by atoms with E-state index in [0.717, 1.165) is 6.92 Å². The molecular formula is C11H7F3N4O2. The second kappa shape index (κ2) is 5.13. The molecule has 1 N–H and O–H groups in total. The maximum atomic E-state index is 12.3. The van der Waals surface area contributed by atoms with Gasteiger partial charge in [0.15, 0.2) is 11.6 Å². The summed E-state index contributed by atoms with van der Waals surface area (Å²) < 4.78 is 37.0. The molecule has 20 heavy (non-hydrogen) atoms. The maximum absolute atomic E-state index is 12.3. The number of hydrogen-bond donors (Lipinski definition) is 1. The molecule has 1 heterocycles. The Labute approximate surface area is 111 Å². The van der Waals surface area contributed by atoms with Gasteiger partial charge in [-0.25, -0.2) is 4.98 Å². The lowest BCUT2D eigenvalue weighted by Gasteiger charge is -2.24. The van der Waals surface area contributed by atoms with Gasteiger partial charge in [-0.3, -0.25) is 9.78 Å². The van der Waals surface area contributed by atoms with Crippen LogP contribution in [0.1, 0.15) is 18.3 Å². The number of carboxylic acid groups (broad SMARTS) is 1. The van der Waals surface area contributed by atoms with Gasteiger partial charge in [-0.15, -0.1) is 0 Å². The number of aliphatic carboxylic acids is 1. The van der Waals surface area contributed by atoms with Crippen LogP contribution in [0.5, 0.6) is 0 Å². The van der Waals surface area contributed by atoms with Gasteiger partial charge in [0, 0.05) is 0 Å². The molecule has 0 spiro atoms. The summed E-state index contributed by atoms with van der Waals surface area (Å²) in [5.74, 6) is -3.18. The van der Waals surface area contributed by atoms with Gasteiger partial charge in [0.05, 0.1) is 30.2 Å². The largest absolute Gasteiger partial charge is 0.480 e. The SMILES string of the molecule is CC(C(=O)O)(c1cnc(C(F)(F)F)cn1)C(C#N)C#N. The fourth-order valence-corrected chi connectivity index (χ4v) is 1.41. The van der Waals surface area contributed by atoms with Gasteiger partial charge >= 0.3 is 12.1 Å². The second-order valence-corrected chi connectivity index (χ2v) is 3.98. The van der Waals surface area contributed by atoms with Crippen molar-refractivity contribution in [3.63, 3.8) is 0 Å². The number of carboxylic acids is 1. The molecule has 0 radical (unpaired) electrons. The van der Waals surface area contributed by atoms with Crippen molar-refractivity contribution >= 4 is 5.97 Å². The normalized spacial score (nSPS) is 14.2. The quantitative estimate of drug-likeness (QED) is 0.900. The van der Waals surface area contributed by atoms with E-state index < -0.39 is 34.9 Å². The molecule has 1 atom stereocenters. The zero-order valence-corrected chi connectivity index (χ0v) is 10.0. The van der Waals surface area contributed by atoms with E-state index in [1.807, 2.05) is 0 Å². The second-order valence-electron chi connectivity index (χ2n) is 3.98. The van der Waals surface area contributed by atoms with Crippen LogP contribution in [-0.4, -0.2) is 21.0 Å². The van der Waals surface area contributed by atoms with Crippen molar-refractivity contribution in [3.05, 3.63) is 23.8 Å². The van der Waals surface area contributed by atoms with Crippen LogP contribution < -0.4 is 0 Å². The zero-order valence-electron chi connectivity index (χ0n) is 10.0. The molecule has 1 rings (SSSR count). The van der Waals surface area contributed by atoms with Gasteiger partial charge in [-0.05, 0) is 6.92 Å². The molecule has 0 saturated carbocycles. The first kappa shape index (κ1) is 15.4. The summed E-state index contributed by atoms with van der Waals surface area (Å²) in [5, 5.41) is 26.7. The molecule has 1 aromatic rings. The van der Waals surface area contributed by atoms with Crippen LogP contribution in [0.15, 0.2) is 12.4 Å². The van der Waals surface area contributed by atoms with Crippen molar-refractivity contribution in [2.45, 2.75) is 18.5 Å². The fourth-order valence-electron chi connectivity index (χ4n) is 1.41. The average molecular weight is 284 g/mol. The Morgan fingerprint density at radius 1 is 1.25 bits per heavy atom. The molecule has 9 heteroatoms. The Hall–Kier alpha value is -2.68. The van der Waals surface area contributed by atoms with Gasteiger partial charge in [0.1, 0.15) is 5.41 Å². The number of aromatic nitrogens is 2. The van der Waals surface area contributed by atoms with Crippen molar-refractivity contribution < 1.29 is 23.1 Å². The molecule has 0 aliphatic heterocycles. The minimum Gasteiger partial charge on any atom is -0.480 e. The van der Waals surface area contributed by atoms with Gasteiger partial charge < -0.3 is 5.11 Å². The Kier molecular flexibility index (Phi) is 3.95. The number of nitrogens with zero attached hydrogens (tertiary/aromatic N) is 4. The van der Waals surface area contributed by atoms with Crippen LogP contribution >= 0.6 is 0 Å². The molecule has 0 bridgehead atoms. The summed E-state index contributed by atoms with van der Waals surface area (Å²) in [5.41, 5.74) is -3.76. The number of alkyl halides is 3. The summed E-state index contributed by atoms with van der Waals surface area (Å²) in [6.07, 6.45) is -3.74. The predicted octanol–water partition coefficient (Wildman–Crippen LogP) is 1.50. The molecule has 1 aromatic heterocycles. The van der Waals surface area contributed by atoms with Crippen molar-refractivity contribution in [1.82, 2.24) is 9.97 Å². The van der Waals surface area contributed by atoms with E-state index in [-0.39, 0.29) is 0 Å². The van der Waals surface area contributed by atoms with E-state index in [1.165, 1.54) is 12.1 Å². The van der Waals surface area contributed by atoms with Crippen LogP contribution in [-0.2, 0) is 16.4 Å². The van der Waals surface area contributed by atoms with Crippen molar-refractivity contribution in [1.29, 1.82) is 10.5 Å².